The molecule has 1 spiro atoms. The van der Waals surface area contributed by atoms with Crippen LogP contribution in [0.2, 0.25) is 0 Å². The molecule has 1 fully saturated rings. The lowest BCUT2D eigenvalue weighted by atomic mass is 9.83. The number of nitrogens with zero attached hydrogens (tertiary/aromatic N) is 4. The molecule has 1 saturated heterocycles. The number of aromatic nitrogens is 2. The molecule has 4 rings (SSSR count). The van der Waals surface area contributed by atoms with E-state index in [9.17, 15) is 14.2 Å². The third kappa shape index (κ3) is 4.43. The average molecular weight is 461 g/mol. The minimum absolute atomic E-state index is 0.0190. The summed E-state index contributed by atoms with van der Waals surface area (Å²) < 4.78 is 29.0. The van der Waals surface area contributed by atoms with Crippen molar-refractivity contribution in [1.82, 2.24) is 14.9 Å². The highest BCUT2D eigenvalue weighted by Gasteiger charge is 2.50. The highest BCUT2D eigenvalue weighted by molar-refractivity contribution is 8.28. The molecule has 174 valence electrons. The van der Waals surface area contributed by atoms with Gasteiger partial charge in [-0.25, -0.2) is 9.29 Å². The van der Waals surface area contributed by atoms with Crippen LogP contribution in [0.5, 0.6) is 11.5 Å². The van der Waals surface area contributed by atoms with E-state index < -0.39 is 16.3 Å². The number of likely N-dealkylation sites (tertiary alicyclic amines) is 1. The van der Waals surface area contributed by atoms with Crippen molar-refractivity contribution in [1.29, 1.82) is 0 Å². The Morgan fingerprint density at radius 1 is 1.28 bits per heavy atom. The van der Waals surface area contributed by atoms with Crippen molar-refractivity contribution in [3.63, 3.8) is 0 Å². The number of rotatable bonds is 5. The maximum Gasteiger partial charge on any atom is 0.166 e. The second-order valence-electron chi connectivity index (χ2n) is 9.02. The van der Waals surface area contributed by atoms with Crippen LogP contribution >= 0.6 is 10.8 Å². The fourth-order valence-electron chi connectivity index (χ4n) is 4.64. The van der Waals surface area contributed by atoms with E-state index in [4.69, 9.17) is 4.74 Å². The van der Waals surface area contributed by atoms with E-state index in [2.05, 4.69) is 21.8 Å². The number of aryl methyl sites for hydroxylation is 1. The van der Waals surface area contributed by atoms with Gasteiger partial charge in [-0.15, -0.1) is 0 Å². The largest absolute Gasteiger partial charge is 0.504 e. The van der Waals surface area contributed by atoms with E-state index in [1.165, 1.54) is 5.41 Å². The highest BCUT2D eigenvalue weighted by atomic mass is 32.3. The van der Waals surface area contributed by atoms with Gasteiger partial charge in [0.05, 0.1) is 23.5 Å². The molecule has 32 heavy (non-hydrogen) atoms. The smallest absolute Gasteiger partial charge is 0.166 e. The molecule has 9 heteroatoms. The first-order valence-electron chi connectivity index (χ1n) is 10.9. The number of hydrogen-bond acceptors (Lipinski definition) is 8. The van der Waals surface area contributed by atoms with E-state index in [-0.39, 0.29) is 17.9 Å². The summed E-state index contributed by atoms with van der Waals surface area (Å²) in [5.41, 5.74) is 1.28. The quantitative estimate of drug-likeness (QED) is 0.590. The van der Waals surface area contributed by atoms with Gasteiger partial charge in [0.2, 0.25) is 0 Å². The third-order valence-corrected chi connectivity index (χ3v) is 7.65. The molecule has 8 nitrogen and oxygen atoms in total. The van der Waals surface area contributed by atoms with Crippen LogP contribution in [0.4, 0.5) is 5.82 Å². The topological polar surface area (TPSA) is 102 Å². The standard InChI is InChI=1S/C23H32N4O4S/c1-16(2)31-21-11-19(5-6-20(21)28)15-26-9-7-23(12-18(26)4)8-10-32(29,30)27(23)22-14-24-13-17(3)25-22/h5-6,8,10-11,13-14,16,18,28-30H,7,9,12,15H2,1-4H3/t18-,23-/m0/s1. The monoisotopic (exact) mass is 460 g/mol. The molecule has 0 unspecified atom stereocenters. The summed E-state index contributed by atoms with van der Waals surface area (Å²) in [6.45, 7) is 9.36. The zero-order valence-electron chi connectivity index (χ0n) is 19.0. The molecular weight excluding hydrogens is 428 g/mol. The summed E-state index contributed by atoms with van der Waals surface area (Å²) >= 11 is 0. The molecule has 1 aromatic heterocycles. The number of phenolic OH excluding ortho intramolecular Hbond substituents is 1. The van der Waals surface area contributed by atoms with Crippen molar-refractivity contribution in [3.8, 4) is 11.5 Å². The van der Waals surface area contributed by atoms with E-state index in [0.29, 0.717) is 11.6 Å². The van der Waals surface area contributed by atoms with E-state index >= 15 is 0 Å². The summed E-state index contributed by atoms with van der Waals surface area (Å²) in [5, 5.41) is 11.6. The zero-order valence-corrected chi connectivity index (χ0v) is 19.8. The fraction of sp³-hybridized carbons (Fsp3) is 0.478. The summed E-state index contributed by atoms with van der Waals surface area (Å²) in [5.74, 6) is 1.13. The normalized spacial score (nSPS) is 26.1. The second kappa shape index (κ2) is 8.55. The maximum atomic E-state index is 10.8. The number of benzene rings is 1. The minimum Gasteiger partial charge on any atom is -0.504 e. The molecule has 1 aromatic carbocycles. The van der Waals surface area contributed by atoms with Crippen LogP contribution in [-0.2, 0) is 6.54 Å². The number of piperidine rings is 1. The SMILES string of the molecule is Cc1cncc(N2[C@]3(C=CS2(O)O)CCN(Cc2ccc(O)c(OC(C)C)c2)[C@@H](C)C3)n1. The Morgan fingerprint density at radius 2 is 2.06 bits per heavy atom. The van der Waals surface area contributed by atoms with Crippen LogP contribution in [0.1, 0.15) is 44.9 Å². The van der Waals surface area contributed by atoms with Crippen molar-refractivity contribution in [2.75, 3.05) is 10.8 Å². The van der Waals surface area contributed by atoms with Crippen molar-refractivity contribution in [2.45, 2.75) is 64.8 Å². The summed E-state index contributed by atoms with van der Waals surface area (Å²) in [6, 6.07) is 5.68. The Morgan fingerprint density at radius 3 is 2.75 bits per heavy atom. The fourth-order valence-corrected chi connectivity index (χ4v) is 6.32. The summed E-state index contributed by atoms with van der Waals surface area (Å²) in [6.07, 6.45) is 6.63. The average Bonchev–Trinajstić information content (AvgIpc) is 2.96. The van der Waals surface area contributed by atoms with Gasteiger partial charge in [0, 0.05) is 30.7 Å². The Balaban J connectivity index is 1.53. The lowest BCUT2D eigenvalue weighted by Gasteiger charge is -2.51. The lowest BCUT2D eigenvalue weighted by Crippen LogP contribution is -2.55. The van der Waals surface area contributed by atoms with Crippen LogP contribution in [0.15, 0.2) is 42.1 Å². The molecule has 3 N–H and O–H groups in total. The van der Waals surface area contributed by atoms with Gasteiger partial charge in [-0.3, -0.25) is 19.0 Å². The zero-order chi connectivity index (χ0) is 23.1. The Labute approximate surface area is 191 Å². The van der Waals surface area contributed by atoms with Gasteiger partial charge in [0.15, 0.2) is 17.3 Å². The van der Waals surface area contributed by atoms with Gasteiger partial charge >= 0.3 is 0 Å². The highest BCUT2D eigenvalue weighted by Crippen LogP contribution is 2.59. The van der Waals surface area contributed by atoms with Crippen LogP contribution in [0, 0.1) is 6.92 Å². The predicted molar refractivity (Wildman–Crippen MR) is 127 cm³/mol. The number of hydrogen-bond donors (Lipinski definition) is 3. The second-order valence-corrected chi connectivity index (χ2v) is 10.8. The van der Waals surface area contributed by atoms with Crippen molar-refractivity contribution >= 4 is 16.6 Å². The predicted octanol–water partition coefficient (Wildman–Crippen LogP) is 4.70. The van der Waals surface area contributed by atoms with Gasteiger partial charge in [-0.1, -0.05) is 16.8 Å². The first-order chi connectivity index (χ1) is 15.1. The van der Waals surface area contributed by atoms with Crippen molar-refractivity contribution in [3.05, 3.63) is 53.3 Å². The van der Waals surface area contributed by atoms with Gasteiger partial charge in [-0.05, 0) is 64.3 Å². The Bertz CT molecular complexity index is 1020. The van der Waals surface area contributed by atoms with Crippen LogP contribution < -0.4 is 9.04 Å². The van der Waals surface area contributed by atoms with E-state index in [0.717, 1.165) is 37.2 Å². The van der Waals surface area contributed by atoms with E-state index in [1.807, 2.05) is 39.0 Å². The van der Waals surface area contributed by atoms with Crippen LogP contribution in [0.25, 0.3) is 0 Å². The first-order valence-corrected chi connectivity index (χ1v) is 12.5. The molecule has 0 aliphatic carbocycles. The molecular formula is C23H32N4O4S. The van der Waals surface area contributed by atoms with Gasteiger partial charge in [-0.2, -0.15) is 0 Å². The number of aromatic hydroxyl groups is 1. The Hall–Kier alpha value is -2.33. The van der Waals surface area contributed by atoms with Crippen LogP contribution in [0.3, 0.4) is 0 Å². The van der Waals surface area contributed by atoms with Crippen LogP contribution in [-0.4, -0.2) is 53.3 Å². The minimum atomic E-state index is -3.10. The van der Waals surface area contributed by atoms with Gasteiger partial charge < -0.3 is 9.84 Å². The summed E-state index contributed by atoms with van der Waals surface area (Å²) in [7, 11) is -3.10. The molecule has 0 bridgehead atoms. The molecule has 2 aromatic rings. The van der Waals surface area contributed by atoms with Gasteiger partial charge in [0.25, 0.3) is 0 Å². The number of ether oxygens (including phenoxy) is 1. The molecule has 0 radical (unpaired) electrons. The van der Waals surface area contributed by atoms with Crippen molar-refractivity contribution in [2.24, 2.45) is 0 Å². The maximum absolute atomic E-state index is 10.8. The molecule has 3 heterocycles. The molecule has 0 amide bonds. The number of anilines is 1. The molecule has 0 saturated carbocycles. The third-order valence-electron chi connectivity index (χ3n) is 6.06. The molecule has 2 aliphatic rings. The lowest BCUT2D eigenvalue weighted by molar-refractivity contribution is 0.118. The first kappa shape index (κ1) is 22.8. The van der Waals surface area contributed by atoms with Crippen molar-refractivity contribution < 1.29 is 18.9 Å². The van der Waals surface area contributed by atoms with Gasteiger partial charge in [0.1, 0.15) is 0 Å². The molecule has 2 aliphatic heterocycles. The summed E-state index contributed by atoms with van der Waals surface area (Å²) in [4.78, 5) is 11.1. The van der Waals surface area contributed by atoms with E-state index in [1.54, 1.807) is 22.8 Å². The Kier molecular flexibility index (Phi) is 6.10. The molecule has 2 atom stereocenters. The number of phenols is 1.